The Balaban J connectivity index is 1.78. The molecule has 4 heteroatoms. The smallest absolute Gasteiger partial charge is 0.107 e. The highest BCUT2D eigenvalue weighted by atomic mass is 32.1. The van der Waals surface area contributed by atoms with Gasteiger partial charge in [0.15, 0.2) is 0 Å². The molecule has 0 spiro atoms. The number of nitrogens with two attached hydrogens (primary N) is 1. The molecule has 3 nitrogen and oxygen atoms in total. The van der Waals surface area contributed by atoms with Gasteiger partial charge in [-0.1, -0.05) is 24.3 Å². The van der Waals surface area contributed by atoms with Crippen LogP contribution in [0, 0.1) is 6.92 Å². The monoisotopic (exact) mass is 261 g/mol. The summed E-state index contributed by atoms with van der Waals surface area (Å²) in [5.74, 6) is 0. The van der Waals surface area contributed by atoms with Crippen LogP contribution in [0.5, 0.6) is 0 Å². The Morgan fingerprint density at radius 2 is 2.06 bits per heavy atom. The molecule has 2 rings (SSSR count). The molecule has 2 aromatic rings. The van der Waals surface area contributed by atoms with Crippen molar-refractivity contribution < 1.29 is 0 Å². The van der Waals surface area contributed by atoms with Crippen LogP contribution in [0.4, 0.5) is 0 Å². The maximum Gasteiger partial charge on any atom is 0.107 e. The molecule has 0 bridgehead atoms. The second-order valence-electron chi connectivity index (χ2n) is 4.28. The van der Waals surface area contributed by atoms with Gasteiger partial charge in [-0.15, -0.1) is 11.3 Å². The first-order valence-corrected chi connectivity index (χ1v) is 7.06. The number of thiazole rings is 1. The molecule has 0 saturated carbocycles. The summed E-state index contributed by atoms with van der Waals surface area (Å²) in [5, 5.41) is 6.66. The Morgan fingerprint density at radius 3 is 2.72 bits per heavy atom. The van der Waals surface area contributed by atoms with E-state index in [1.165, 1.54) is 11.1 Å². The van der Waals surface area contributed by atoms with Crippen LogP contribution in [0.2, 0.25) is 0 Å². The molecule has 0 fully saturated rings. The Hall–Kier alpha value is -1.23. The fourth-order valence-corrected chi connectivity index (χ4v) is 2.64. The van der Waals surface area contributed by atoms with Gasteiger partial charge in [-0.2, -0.15) is 0 Å². The van der Waals surface area contributed by atoms with Crippen LogP contribution >= 0.6 is 11.3 Å². The minimum Gasteiger partial charge on any atom is -0.326 e. The third-order valence-electron chi connectivity index (χ3n) is 2.85. The van der Waals surface area contributed by atoms with Crippen molar-refractivity contribution in [1.82, 2.24) is 10.3 Å². The third kappa shape index (κ3) is 3.63. The second-order valence-corrected chi connectivity index (χ2v) is 5.22. The van der Waals surface area contributed by atoms with E-state index in [-0.39, 0.29) is 0 Å². The predicted molar refractivity (Wildman–Crippen MR) is 76.6 cm³/mol. The van der Waals surface area contributed by atoms with Gasteiger partial charge in [-0.05, 0) is 31.0 Å². The van der Waals surface area contributed by atoms with Gasteiger partial charge in [-0.3, -0.25) is 0 Å². The molecular formula is C14H19N3S. The van der Waals surface area contributed by atoms with Gasteiger partial charge >= 0.3 is 0 Å². The van der Waals surface area contributed by atoms with Crippen molar-refractivity contribution in [2.75, 3.05) is 6.54 Å². The standard InChI is InChI=1S/C14H19N3S/c1-11-10-18-14(17-11)9-16-7-6-12-4-2-3-5-13(12)8-15/h2-5,10,16H,6-9,15H2,1H3. The van der Waals surface area contributed by atoms with E-state index in [0.29, 0.717) is 6.54 Å². The van der Waals surface area contributed by atoms with Crippen molar-refractivity contribution in [3.63, 3.8) is 0 Å². The first-order valence-electron chi connectivity index (χ1n) is 6.18. The van der Waals surface area contributed by atoms with E-state index in [1.807, 2.05) is 13.0 Å². The Bertz CT molecular complexity index is 493. The molecule has 0 aliphatic carbocycles. The number of hydrogen-bond acceptors (Lipinski definition) is 4. The lowest BCUT2D eigenvalue weighted by molar-refractivity contribution is 0.680. The largest absolute Gasteiger partial charge is 0.326 e. The van der Waals surface area contributed by atoms with E-state index in [9.17, 15) is 0 Å². The van der Waals surface area contributed by atoms with Gasteiger partial charge in [0.2, 0.25) is 0 Å². The molecule has 1 aromatic heterocycles. The Kier molecular flexibility index (Phi) is 4.87. The number of nitrogens with zero attached hydrogens (tertiary/aromatic N) is 1. The fourth-order valence-electron chi connectivity index (χ4n) is 1.90. The predicted octanol–water partition coefficient (Wildman–Crippen LogP) is 2.24. The van der Waals surface area contributed by atoms with Gasteiger partial charge < -0.3 is 11.1 Å². The summed E-state index contributed by atoms with van der Waals surface area (Å²) in [6.45, 7) is 4.44. The number of benzene rings is 1. The van der Waals surface area contributed by atoms with Crippen LogP contribution in [0.3, 0.4) is 0 Å². The third-order valence-corrected chi connectivity index (χ3v) is 3.82. The Labute approximate surface area is 112 Å². The molecule has 1 aromatic carbocycles. The molecule has 96 valence electrons. The first kappa shape index (κ1) is 13.2. The summed E-state index contributed by atoms with van der Waals surface area (Å²) >= 11 is 1.71. The van der Waals surface area contributed by atoms with E-state index in [1.54, 1.807) is 11.3 Å². The normalized spacial score (nSPS) is 10.8. The highest BCUT2D eigenvalue weighted by Crippen LogP contribution is 2.09. The molecule has 0 amide bonds. The number of rotatable bonds is 6. The van der Waals surface area contributed by atoms with Crippen molar-refractivity contribution in [3.8, 4) is 0 Å². The van der Waals surface area contributed by atoms with E-state index in [2.05, 4.69) is 33.9 Å². The lowest BCUT2D eigenvalue weighted by Gasteiger charge is -2.07. The highest BCUT2D eigenvalue weighted by molar-refractivity contribution is 7.09. The highest BCUT2D eigenvalue weighted by Gasteiger charge is 2.01. The topological polar surface area (TPSA) is 50.9 Å². The quantitative estimate of drug-likeness (QED) is 0.784. The summed E-state index contributed by atoms with van der Waals surface area (Å²) < 4.78 is 0. The van der Waals surface area contributed by atoms with Crippen LogP contribution in [-0.4, -0.2) is 11.5 Å². The van der Waals surface area contributed by atoms with Crippen LogP contribution < -0.4 is 11.1 Å². The van der Waals surface area contributed by atoms with Gasteiger partial charge in [0.1, 0.15) is 5.01 Å². The fraction of sp³-hybridized carbons (Fsp3) is 0.357. The lowest BCUT2D eigenvalue weighted by Crippen LogP contribution is -2.17. The van der Waals surface area contributed by atoms with Gasteiger partial charge in [0, 0.05) is 24.2 Å². The average molecular weight is 261 g/mol. The molecule has 1 heterocycles. The zero-order valence-electron chi connectivity index (χ0n) is 10.6. The van der Waals surface area contributed by atoms with Crippen molar-refractivity contribution in [1.29, 1.82) is 0 Å². The zero-order valence-corrected chi connectivity index (χ0v) is 11.5. The number of nitrogens with one attached hydrogen (secondary N) is 1. The molecule has 0 aliphatic rings. The number of aromatic nitrogens is 1. The van der Waals surface area contributed by atoms with E-state index >= 15 is 0 Å². The van der Waals surface area contributed by atoms with Crippen molar-refractivity contribution >= 4 is 11.3 Å². The average Bonchev–Trinajstić information content (AvgIpc) is 2.81. The van der Waals surface area contributed by atoms with E-state index in [4.69, 9.17) is 5.73 Å². The molecule has 0 saturated heterocycles. The summed E-state index contributed by atoms with van der Waals surface area (Å²) in [4.78, 5) is 4.42. The van der Waals surface area contributed by atoms with Crippen molar-refractivity contribution in [2.24, 2.45) is 5.73 Å². The van der Waals surface area contributed by atoms with Crippen LogP contribution in [-0.2, 0) is 19.5 Å². The van der Waals surface area contributed by atoms with Crippen LogP contribution in [0.25, 0.3) is 0 Å². The molecule has 0 radical (unpaired) electrons. The molecule has 0 unspecified atom stereocenters. The number of aryl methyl sites for hydroxylation is 1. The molecular weight excluding hydrogens is 242 g/mol. The van der Waals surface area contributed by atoms with Crippen LogP contribution in [0.15, 0.2) is 29.6 Å². The molecule has 3 N–H and O–H groups in total. The van der Waals surface area contributed by atoms with Gasteiger partial charge in [0.05, 0.1) is 0 Å². The SMILES string of the molecule is Cc1csc(CNCCc2ccccc2CN)n1. The van der Waals surface area contributed by atoms with Gasteiger partial charge in [0.25, 0.3) is 0 Å². The van der Waals surface area contributed by atoms with Crippen molar-refractivity contribution in [2.45, 2.75) is 26.4 Å². The van der Waals surface area contributed by atoms with Gasteiger partial charge in [-0.25, -0.2) is 4.98 Å². The summed E-state index contributed by atoms with van der Waals surface area (Å²) in [5.41, 5.74) is 9.40. The molecule has 0 aliphatic heterocycles. The maximum atomic E-state index is 5.72. The summed E-state index contributed by atoms with van der Waals surface area (Å²) in [6, 6.07) is 8.35. The minimum atomic E-state index is 0.613. The Morgan fingerprint density at radius 1 is 1.28 bits per heavy atom. The summed E-state index contributed by atoms with van der Waals surface area (Å²) in [7, 11) is 0. The first-order chi connectivity index (χ1) is 8.79. The molecule has 0 atom stereocenters. The van der Waals surface area contributed by atoms with Crippen LogP contribution in [0.1, 0.15) is 21.8 Å². The summed E-state index contributed by atoms with van der Waals surface area (Å²) in [6.07, 6.45) is 1.01. The van der Waals surface area contributed by atoms with Crippen molar-refractivity contribution in [3.05, 3.63) is 51.5 Å². The van der Waals surface area contributed by atoms with E-state index in [0.717, 1.165) is 30.2 Å². The molecule has 18 heavy (non-hydrogen) atoms. The van der Waals surface area contributed by atoms with E-state index < -0.39 is 0 Å². The number of hydrogen-bond donors (Lipinski definition) is 2. The lowest BCUT2D eigenvalue weighted by atomic mass is 10.0. The zero-order chi connectivity index (χ0) is 12.8. The second kappa shape index (κ2) is 6.64. The maximum absolute atomic E-state index is 5.72. The minimum absolute atomic E-state index is 0.613.